The van der Waals surface area contributed by atoms with Gasteiger partial charge in [0.05, 0.1) is 0 Å². The standard InChI is InChI=1S/C27H42N4O2/c1-5-27(4)9-8-23-18-24(27)22(3)20-29-12-16-31(17-13-29)26(33)7-6-25(32)30-14-10-28(11-15-30)19-21(23)2/h5,23-24H,1-3,6-20H2,4H3/t23-,24+,27-/m1/s1. The molecule has 1 saturated carbocycles. The molecule has 6 nitrogen and oxygen atoms in total. The quantitative estimate of drug-likeness (QED) is 0.572. The molecule has 0 spiro atoms. The maximum Gasteiger partial charge on any atom is 0.223 e. The van der Waals surface area contributed by atoms with Crippen molar-refractivity contribution in [2.45, 2.75) is 39.0 Å². The van der Waals surface area contributed by atoms with E-state index in [1.165, 1.54) is 11.1 Å². The van der Waals surface area contributed by atoms with Gasteiger partial charge in [0, 0.05) is 78.3 Å². The van der Waals surface area contributed by atoms with Crippen LogP contribution < -0.4 is 0 Å². The van der Waals surface area contributed by atoms with Gasteiger partial charge in [-0.25, -0.2) is 0 Å². The van der Waals surface area contributed by atoms with Crippen molar-refractivity contribution in [3.8, 4) is 0 Å². The predicted octanol–water partition coefficient (Wildman–Crippen LogP) is 2.79. The third-order valence-electron chi connectivity index (χ3n) is 8.74. The Morgan fingerprint density at radius 1 is 0.818 bits per heavy atom. The van der Waals surface area contributed by atoms with E-state index in [0.29, 0.717) is 24.7 Å². The Bertz CT molecular complexity index is 792. The molecule has 0 aromatic heterocycles. The summed E-state index contributed by atoms with van der Waals surface area (Å²) < 4.78 is 0. The van der Waals surface area contributed by atoms with E-state index < -0.39 is 0 Å². The molecular weight excluding hydrogens is 412 g/mol. The Morgan fingerprint density at radius 2 is 1.30 bits per heavy atom. The van der Waals surface area contributed by atoms with Gasteiger partial charge < -0.3 is 9.80 Å². The van der Waals surface area contributed by atoms with Gasteiger partial charge in [-0.2, -0.15) is 0 Å². The number of amides is 2. The first-order valence-electron chi connectivity index (χ1n) is 12.8. The van der Waals surface area contributed by atoms with Crippen molar-refractivity contribution >= 4 is 11.8 Å². The van der Waals surface area contributed by atoms with Crippen LogP contribution in [0.5, 0.6) is 0 Å². The highest BCUT2D eigenvalue weighted by Crippen LogP contribution is 2.49. The van der Waals surface area contributed by atoms with E-state index in [1.54, 1.807) is 0 Å². The minimum atomic E-state index is 0.0798. The molecule has 7 fully saturated rings. The van der Waals surface area contributed by atoms with Crippen LogP contribution >= 0.6 is 0 Å². The number of rotatable bonds is 1. The molecule has 0 aromatic carbocycles. The van der Waals surface area contributed by atoms with Gasteiger partial charge >= 0.3 is 0 Å². The molecule has 182 valence electrons. The highest BCUT2D eigenvalue weighted by molar-refractivity contribution is 5.84. The zero-order chi connectivity index (χ0) is 23.6. The van der Waals surface area contributed by atoms with E-state index in [2.05, 4.69) is 42.5 Å². The molecule has 1 aliphatic carbocycles. The lowest BCUT2D eigenvalue weighted by molar-refractivity contribution is -0.138. The summed E-state index contributed by atoms with van der Waals surface area (Å²) in [5.74, 6) is 1.15. The van der Waals surface area contributed by atoms with Gasteiger partial charge in [0.15, 0.2) is 0 Å². The highest BCUT2D eigenvalue weighted by atomic mass is 16.2. The highest BCUT2D eigenvalue weighted by Gasteiger charge is 2.40. The molecule has 6 heterocycles. The average molecular weight is 455 g/mol. The minimum Gasteiger partial charge on any atom is -0.340 e. The molecule has 33 heavy (non-hydrogen) atoms. The summed E-state index contributed by atoms with van der Waals surface area (Å²) in [5, 5.41) is 0. The number of nitrogens with zero attached hydrogens (tertiary/aromatic N) is 4. The number of hydrogen-bond acceptors (Lipinski definition) is 4. The fourth-order valence-electron chi connectivity index (χ4n) is 6.23. The van der Waals surface area contributed by atoms with E-state index in [1.807, 2.05) is 9.80 Å². The Labute approximate surface area is 199 Å². The summed E-state index contributed by atoms with van der Waals surface area (Å²) in [4.78, 5) is 34.2. The van der Waals surface area contributed by atoms with Gasteiger partial charge in [0.1, 0.15) is 0 Å². The number of carbonyl (C=O) groups is 2. The molecular formula is C27H42N4O2. The van der Waals surface area contributed by atoms with Crippen molar-refractivity contribution in [1.82, 2.24) is 19.6 Å². The van der Waals surface area contributed by atoms with Crippen LogP contribution in [-0.2, 0) is 9.59 Å². The van der Waals surface area contributed by atoms with Crippen LogP contribution in [0.1, 0.15) is 39.0 Å². The van der Waals surface area contributed by atoms with E-state index in [4.69, 9.17) is 0 Å². The van der Waals surface area contributed by atoms with Crippen LogP contribution in [0.15, 0.2) is 37.0 Å². The number of allylic oxidation sites excluding steroid dienone is 1. The van der Waals surface area contributed by atoms with Gasteiger partial charge in [-0.1, -0.05) is 37.3 Å². The van der Waals surface area contributed by atoms with Gasteiger partial charge in [0.2, 0.25) is 11.8 Å². The second-order valence-corrected chi connectivity index (χ2v) is 10.9. The van der Waals surface area contributed by atoms with Crippen LogP contribution in [0, 0.1) is 17.3 Å². The molecule has 6 aliphatic heterocycles. The van der Waals surface area contributed by atoms with Crippen LogP contribution in [0.25, 0.3) is 0 Å². The second-order valence-electron chi connectivity index (χ2n) is 10.9. The lowest BCUT2D eigenvalue weighted by Crippen LogP contribution is -2.50. The first-order valence-corrected chi connectivity index (χ1v) is 12.8. The zero-order valence-electron chi connectivity index (χ0n) is 20.6. The van der Waals surface area contributed by atoms with E-state index in [0.717, 1.165) is 84.7 Å². The van der Waals surface area contributed by atoms with Crippen LogP contribution in [0.3, 0.4) is 0 Å². The van der Waals surface area contributed by atoms with Gasteiger partial charge in [0.25, 0.3) is 0 Å². The molecule has 6 saturated heterocycles. The lowest BCUT2D eigenvalue weighted by Gasteiger charge is -2.46. The maximum absolute atomic E-state index is 12.7. The third-order valence-corrected chi connectivity index (χ3v) is 8.74. The third kappa shape index (κ3) is 5.43. The topological polar surface area (TPSA) is 47.1 Å². The Kier molecular flexibility index (Phi) is 7.44. The largest absolute Gasteiger partial charge is 0.340 e. The van der Waals surface area contributed by atoms with Crippen molar-refractivity contribution in [3.05, 3.63) is 37.0 Å². The maximum atomic E-state index is 12.7. The van der Waals surface area contributed by atoms with Crippen molar-refractivity contribution < 1.29 is 9.59 Å². The van der Waals surface area contributed by atoms with Crippen molar-refractivity contribution in [2.24, 2.45) is 17.3 Å². The van der Waals surface area contributed by atoms with Gasteiger partial charge in [-0.15, -0.1) is 6.58 Å². The first-order chi connectivity index (χ1) is 15.8. The summed E-state index contributed by atoms with van der Waals surface area (Å²) >= 11 is 0. The van der Waals surface area contributed by atoms with Gasteiger partial charge in [-0.05, 0) is 36.5 Å². The minimum absolute atomic E-state index is 0.0798. The summed E-state index contributed by atoms with van der Waals surface area (Å²) in [7, 11) is 0. The predicted molar refractivity (Wildman–Crippen MR) is 133 cm³/mol. The van der Waals surface area contributed by atoms with Crippen molar-refractivity contribution in [2.75, 3.05) is 65.4 Å². The normalized spacial score (nSPS) is 37.0. The smallest absolute Gasteiger partial charge is 0.223 e. The molecule has 7 rings (SSSR count). The summed E-state index contributed by atoms with van der Waals surface area (Å²) in [6, 6.07) is 0. The lowest BCUT2D eigenvalue weighted by atomic mass is 9.61. The Hall–Kier alpha value is -1.92. The van der Waals surface area contributed by atoms with E-state index >= 15 is 0 Å². The Balaban J connectivity index is 1.52. The van der Waals surface area contributed by atoms with Gasteiger partial charge in [-0.3, -0.25) is 19.4 Å². The Morgan fingerprint density at radius 3 is 1.79 bits per heavy atom. The molecule has 2 amide bonds. The van der Waals surface area contributed by atoms with Crippen LogP contribution in [0.4, 0.5) is 0 Å². The zero-order valence-corrected chi connectivity index (χ0v) is 20.6. The molecule has 0 unspecified atom stereocenters. The van der Waals surface area contributed by atoms with Crippen LogP contribution in [0.2, 0.25) is 0 Å². The monoisotopic (exact) mass is 454 g/mol. The second kappa shape index (κ2) is 10.1. The first kappa shape index (κ1) is 24.2. The molecule has 6 heteroatoms. The molecule has 0 N–H and O–H groups in total. The van der Waals surface area contributed by atoms with Crippen molar-refractivity contribution in [3.63, 3.8) is 0 Å². The fraction of sp³-hybridized carbons (Fsp3) is 0.704. The number of hydrogen-bond donors (Lipinski definition) is 0. The molecule has 6 bridgehead atoms. The number of piperazine rings is 2. The molecule has 7 aliphatic rings. The summed E-state index contributed by atoms with van der Waals surface area (Å²) in [6.07, 6.45) is 6.18. The molecule has 0 radical (unpaired) electrons. The molecule has 0 aromatic rings. The summed E-state index contributed by atoms with van der Waals surface area (Å²) in [6.45, 7) is 23.9. The van der Waals surface area contributed by atoms with Crippen LogP contribution in [-0.4, -0.2) is 96.9 Å². The van der Waals surface area contributed by atoms with Crippen molar-refractivity contribution in [1.29, 1.82) is 0 Å². The SMILES string of the molecule is C=C[C@]1(C)CC[C@@H]2C[C@H]1C(=C)CN1CCN(CC1)C(=O)CCC(=O)N1CCN(CC1)CC2=C. The van der Waals surface area contributed by atoms with E-state index in [9.17, 15) is 9.59 Å². The number of carbonyl (C=O) groups excluding carboxylic acids is 2. The summed E-state index contributed by atoms with van der Waals surface area (Å²) in [5.41, 5.74) is 2.71. The average Bonchev–Trinajstić information content (AvgIpc) is 2.83. The fourth-order valence-corrected chi connectivity index (χ4v) is 6.23. The van der Waals surface area contributed by atoms with E-state index in [-0.39, 0.29) is 17.2 Å². The molecule has 3 atom stereocenters.